The fourth-order valence-corrected chi connectivity index (χ4v) is 11.6. The molecule has 10 aromatic rings. The van der Waals surface area contributed by atoms with Crippen LogP contribution < -0.4 is 0 Å². The summed E-state index contributed by atoms with van der Waals surface area (Å²) in [7, 11) is 0. The van der Waals surface area contributed by atoms with Gasteiger partial charge in [-0.1, -0.05) is 231 Å². The Bertz CT molecular complexity index is 3370. The largest absolute Gasteiger partial charge is 0.297 e. The van der Waals surface area contributed by atoms with E-state index in [1.165, 1.54) is 44.5 Å². The SMILES string of the molecule is Cc1cccc(C)c1-n1nnnc1[C@@H](c1ccc(-c2ccccc2)cc1)N1CCN(C/C=C/c2ccccc2)CC1.Cc1cccc(C)c1-n1nnnc1[C@H](c1ccc(-c2ccccc2)cc1)N1CCN(C/C=C/c2ccccc2)CC1. The average Bonchev–Trinajstić information content (AvgIpc) is 4.32. The molecule has 2 aromatic heterocycles. The van der Waals surface area contributed by atoms with Crippen LogP contribution in [0.3, 0.4) is 0 Å². The van der Waals surface area contributed by atoms with Gasteiger partial charge < -0.3 is 0 Å². The topological polar surface area (TPSA) is 100 Å². The van der Waals surface area contributed by atoms with E-state index in [9.17, 15) is 0 Å². The first-order chi connectivity index (χ1) is 40.3. The van der Waals surface area contributed by atoms with Crippen LogP contribution in [0, 0.1) is 27.7 Å². The van der Waals surface area contributed by atoms with Crippen LogP contribution in [0.5, 0.6) is 0 Å². The molecule has 0 amide bonds. The quantitative estimate of drug-likeness (QED) is 0.0930. The zero-order chi connectivity index (χ0) is 56.0. The number of rotatable bonds is 16. The number of tetrazole rings is 2. The van der Waals surface area contributed by atoms with Gasteiger partial charge in [0.1, 0.15) is 0 Å². The maximum Gasteiger partial charge on any atom is 0.178 e. The van der Waals surface area contributed by atoms with Crippen LogP contribution in [0.15, 0.2) is 218 Å². The molecule has 0 radical (unpaired) electrons. The molecule has 412 valence electrons. The van der Waals surface area contributed by atoms with Crippen molar-refractivity contribution in [1.29, 1.82) is 0 Å². The van der Waals surface area contributed by atoms with Gasteiger partial charge in [0, 0.05) is 65.4 Å². The first kappa shape index (κ1) is 55.1. The summed E-state index contributed by atoms with van der Waals surface area (Å²) >= 11 is 0. The monoisotopic (exact) mass is 1080 g/mol. The number of benzene rings is 8. The smallest absolute Gasteiger partial charge is 0.178 e. The maximum atomic E-state index is 4.64. The third-order valence-electron chi connectivity index (χ3n) is 15.9. The van der Waals surface area contributed by atoms with Crippen LogP contribution in [0.1, 0.15) is 68.2 Å². The second-order valence-corrected chi connectivity index (χ2v) is 21.5. The molecule has 12 rings (SSSR count). The first-order valence-corrected chi connectivity index (χ1v) is 28.7. The van der Waals surface area contributed by atoms with Crippen molar-refractivity contribution in [3.8, 4) is 33.6 Å². The predicted octanol–water partition coefficient (Wildman–Crippen LogP) is 12.7. The number of nitrogens with zero attached hydrogens (tertiary/aromatic N) is 12. The molecule has 0 N–H and O–H groups in total. The molecule has 2 saturated heterocycles. The van der Waals surface area contributed by atoms with Gasteiger partial charge >= 0.3 is 0 Å². The zero-order valence-corrected chi connectivity index (χ0v) is 47.5. The van der Waals surface area contributed by atoms with Crippen LogP contribution in [-0.2, 0) is 0 Å². The fraction of sp³-hybridized carbons (Fsp3) is 0.229. The van der Waals surface area contributed by atoms with Crippen molar-refractivity contribution in [2.75, 3.05) is 65.4 Å². The number of hydrogen-bond donors (Lipinski definition) is 0. The Balaban J connectivity index is 0.000000172. The molecule has 0 bridgehead atoms. The summed E-state index contributed by atoms with van der Waals surface area (Å²) in [6, 6.07) is 72.4. The molecule has 2 aliphatic heterocycles. The lowest BCUT2D eigenvalue weighted by Crippen LogP contribution is -2.48. The van der Waals surface area contributed by atoms with Gasteiger partial charge in [-0.05, 0) is 115 Å². The van der Waals surface area contributed by atoms with Crippen LogP contribution in [0.4, 0.5) is 0 Å². The van der Waals surface area contributed by atoms with Crippen LogP contribution in [0.2, 0.25) is 0 Å². The Morgan fingerprint density at radius 3 is 1.01 bits per heavy atom. The van der Waals surface area contributed by atoms with E-state index < -0.39 is 0 Å². The molecule has 4 heterocycles. The van der Waals surface area contributed by atoms with Gasteiger partial charge in [-0.2, -0.15) is 9.36 Å². The van der Waals surface area contributed by atoms with Gasteiger partial charge in [0.25, 0.3) is 0 Å². The first-order valence-electron chi connectivity index (χ1n) is 28.7. The van der Waals surface area contributed by atoms with Crippen LogP contribution in [0.25, 0.3) is 45.8 Å². The minimum absolute atomic E-state index is 0.0594. The highest BCUT2D eigenvalue weighted by molar-refractivity contribution is 5.65. The maximum absolute atomic E-state index is 4.64. The molecule has 0 spiro atoms. The van der Waals surface area contributed by atoms with Crippen molar-refractivity contribution in [2.45, 2.75) is 39.8 Å². The number of piperazine rings is 2. The van der Waals surface area contributed by atoms with Crippen LogP contribution >= 0.6 is 0 Å². The van der Waals surface area contributed by atoms with Gasteiger partial charge in [0.2, 0.25) is 0 Å². The molecule has 0 saturated carbocycles. The fourth-order valence-electron chi connectivity index (χ4n) is 11.6. The van der Waals surface area contributed by atoms with Crippen molar-refractivity contribution in [1.82, 2.24) is 60.0 Å². The molecule has 0 aliphatic carbocycles. The summed E-state index contributed by atoms with van der Waals surface area (Å²) in [5.41, 5.74) is 16.5. The highest BCUT2D eigenvalue weighted by Gasteiger charge is 2.33. The van der Waals surface area contributed by atoms with E-state index >= 15 is 0 Å². The van der Waals surface area contributed by atoms with Gasteiger partial charge in [0.15, 0.2) is 11.6 Å². The predicted molar refractivity (Wildman–Crippen MR) is 332 cm³/mol. The highest BCUT2D eigenvalue weighted by Crippen LogP contribution is 2.35. The minimum atomic E-state index is -0.0594. The molecular weight excluding hydrogens is 1010 g/mol. The molecular formula is C70H72N12. The Morgan fingerprint density at radius 2 is 0.671 bits per heavy atom. The number of aromatic nitrogens is 8. The van der Waals surface area contributed by atoms with E-state index in [1.807, 2.05) is 9.36 Å². The highest BCUT2D eigenvalue weighted by atomic mass is 15.6. The van der Waals surface area contributed by atoms with Crippen molar-refractivity contribution in [3.63, 3.8) is 0 Å². The van der Waals surface area contributed by atoms with E-state index in [4.69, 9.17) is 0 Å². The second-order valence-electron chi connectivity index (χ2n) is 21.5. The summed E-state index contributed by atoms with van der Waals surface area (Å²) in [6.07, 6.45) is 8.96. The molecule has 8 aromatic carbocycles. The Kier molecular flexibility index (Phi) is 17.9. The lowest BCUT2D eigenvalue weighted by molar-refractivity contribution is 0.113. The van der Waals surface area contributed by atoms with Gasteiger partial charge in [-0.3, -0.25) is 19.6 Å². The summed E-state index contributed by atoms with van der Waals surface area (Å²) in [4.78, 5) is 10.1. The summed E-state index contributed by atoms with van der Waals surface area (Å²) in [5.74, 6) is 1.71. The van der Waals surface area contributed by atoms with Gasteiger partial charge in [-0.15, -0.1) is 10.2 Å². The standard InChI is InChI=1S/2C35H36N6/c2*1-27-11-9-12-28(2)33(27)41-35(36-37-38-41)34(32-20-18-31(19-21-32)30-16-7-4-8-17-30)40-25-23-39(24-26-40)22-10-15-29-13-5-3-6-14-29/h2*3-21,34H,22-26H2,1-2H3/b2*15-10+/t2*34-/m10/s1. The molecule has 0 unspecified atom stereocenters. The Morgan fingerprint density at radius 1 is 0.354 bits per heavy atom. The molecule has 2 aliphatic rings. The molecule has 12 heteroatoms. The van der Waals surface area contributed by atoms with E-state index in [2.05, 4.69) is 309 Å². The third-order valence-corrected chi connectivity index (χ3v) is 15.9. The number of aryl methyl sites for hydroxylation is 4. The second kappa shape index (κ2) is 26.7. The lowest BCUT2D eigenvalue weighted by atomic mass is 9.98. The number of hydrogen-bond acceptors (Lipinski definition) is 10. The zero-order valence-electron chi connectivity index (χ0n) is 47.5. The van der Waals surface area contributed by atoms with Crippen molar-refractivity contribution < 1.29 is 0 Å². The van der Waals surface area contributed by atoms with E-state index in [0.717, 1.165) is 111 Å². The number of para-hydroxylation sites is 2. The summed E-state index contributed by atoms with van der Waals surface area (Å²) in [6.45, 7) is 18.1. The average molecular weight is 1080 g/mol. The van der Waals surface area contributed by atoms with E-state index in [-0.39, 0.29) is 12.1 Å². The Hall–Kier alpha value is -8.78. The van der Waals surface area contributed by atoms with Crippen molar-refractivity contribution >= 4 is 12.2 Å². The molecule has 2 atom stereocenters. The third kappa shape index (κ3) is 13.2. The Labute approximate surface area is 483 Å². The van der Waals surface area contributed by atoms with Gasteiger partial charge in [0.05, 0.1) is 23.5 Å². The van der Waals surface area contributed by atoms with Crippen molar-refractivity contribution in [2.24, 2.45) is 0 Å². The normalized spacial score (nSPS) is 15.4. The van der Waals surface area contributed by atoms with Crippen molar-refractivity contribution in [3.05, 3.63) is 275 Å². The molecule has 82 heavy (non-hydrogen) atoms. The van der Waals surface area contributed by atoms with E-state index in [0.29, 0.717) is 0 Å². The lowest BCUT2D eigenvalue weighted by Gasteiger charge is -2.38. The molecule has 2 fully saturated rings. The van der Waals surface area contributed by atoms with Crippen LogP contribution in [-0.4, -0.2) is 125 Å². The molecule has 12 nitrogen and oxygen atoms in total. The van der Waals surface area contributed by atoms with Gasteiger partial charge in [-0.25, -0.2) is 0 Å². The summed E-state index contributed by atoms with van der Waals surface area (Å²) in [5, 5.41) is 26.7. The summed E-state index contributed by atoms with van der Waals surface area (Å²) < 4.78 is 3.91. The van der Waals surface area contributed by atoms with E-state index in [1.54, 1.807) is 0 Å². The minimum Gasteiger partial charge on any atom is -0.297 e.